The molecule has 1 aromatic carbocycles. The number of hydrogen-bond donors (Lipinski definition) is 2. The highest BCUT2D eigenvalue weighted by Crippen LogP contribution is 2.13. The van der Waals surface area contributed by atoms with Gasteiger partial charge in [0.2, 0.25) is 0 Å². The number of oxime groups is 2. The monoisotopic (exact) mass is 332 g/mol. The quantitative estimate of drug-likeness (QED) is 0.201. The zero-order valence-corrected chi connectivity index (χ0v) is 15.0. The van der Waals surface area contributed by atoms with Crippen LogP contribution < -0.4 is 0 Å². The van der Waals surface area contributed by atoms with E-state index >= 15 is 0 Å². The zero-order valence-electron chi connectivity index (χ0n) is 15.0. The normalized spacial score (nSPS) is 12.5. The first-order chi connectivity index (χ1) is 11.8. The van der Waals surface area contributed by atoms with E-state index in [9.17, 15) is 10.4 Å². The largest absolute Gasteiger partial charge is 0.411 e. The van der Waals surface area contributed by atoms with Gasteiger partial charge in [0.05, 0.1) is 0 Å². The van der Waals surface area contributed by atoms with Crippen molar-refractivity contribution < 1.29 is 10.4 Å². The molecule has 0 atom stereocenters. The Hall–Kier alpha value is -1.84. The Balaban J connectivity index is 2.21. The molecule has 1 rings (SSSR count). The lowest BCUT2D eigenvalue weighted by Crippen LogP contribution is -2.16. The lowest BCUT2D eigenvalue weighted by Gasteiger charge is -2.07. The van der Waals surface area contributed by atoms with Crippen molar-refractivity contribution in [1.29, 1.82) is 0 Å². The fraction of sp³-hybridized carbons (Fsp3) is 0.600. The summed E-state index contributed by atoms with van der Waals surface area (Å²) in [4.78, 5) is 0. The van der Waals surface area contributed by atoms with Crippen LogP contribution in [-0.4, -0.2) is 21.8 Å². The summed E-state index contributed by atoms with van der Waals surface area (Å²) in [5.74, 6) is 0. The van der Waals surface area contributed by atoms with Crippen molar-refractivity contribution in [2.75, 3.05) is 0 Å². The Labute approximate surface area is 146 Å². The molecule has 0 aromatic heterocycles. The van der Waals surface area contributed by atoms with Crippen LogP contribution in [0, 0.1) is 0 Å². The SMILES string of the molecule is CCCCCCCCCCCCC(=N\O)/C(=N\O)c1ccccc1. The van der Waals surface area contributed by atoms with E-state index in [0.29, 0.717) is 17.8 Å². The lowest BCUT2D eigenvalue weighted by atomic mass is 10.00. The summed E-state index contributed by atoms with van der Waals surface area (Å²) in [5, 5.41) is 25.1. The minimum Gasteiger partial charge on any atom is -0.411 e. The molecule has 0 saturated carbocycles. The van der Waals surface area contributed by atoms with E-state index in [2.05, 4.69) is 17.2 Å². The average Bonchev–Trinajstić information content (AvgIpc) is 2.63. The summed E-state index contributed by atoms with van der Waals surface area (Å²) < 4.78 is 0. The van der Waals surface area contributed by atoms with Gasteiger partial charge in [-0.05, 0) is 12.8 Å². The Morgan fingerprint density at radius 3 is 1.79 bits per heavy atom. The van der Waals surface area contributed by atoms with Crippen LogP contribution in [0.4, 0.5) is 0 Å². The zero-order chi connectivity index (χ0) is 17.5. The molecule has 134 valence electrons. The molecule has 0 saturated heterocycles. The van der Waals surface area contributed by atoms with Gasteiger partial charge < -0.3 is 10.4 Å². The first kappa shape index (κ1) is 20.2. The molecule has 2 N–H and O–H groups in total. The van der Waals surface area contributed by atoms with Crippen LogP contribution in [0.15, 0.2) is 40.6 Å². The molecule has 0 radical (unpaired) electrons. The number of nitrogens with zero attached hydrogens (tertiary/aromatic N) is 2. The molecule has 4 nitrogen and oxygen atoms in total. The molecule has 0 heterocycles. The maximum Gasteiger partial charge on any atom is 0.134 e. The topological polar surface area (TPSA) is 65.2 Å². The number of hydrogen-bond acceptors (Lipinski definition) is 4. The van der Waals surface area contributed by atoms with E-state index in [1.54, 1.807) is 0 Å². The van der Waals surface area contributed by atoms with Gasteiger partial charge in [-0.1, -0.05) is 105 Å². The summed E-state index contributed by atoms with van der Waals surface area (Å²) in [6.07, 6.45) is 13.2. The van der Waals surface area contributed by atoms with E-state index in [1.165, 1.54) is 51.4 Å². The molecule has 1 aromatic rings. The smallest absolute Gasteiger partial charge is 0.134 e. The second kappa shape index (κ2) is 13.6. The predicted molar refractivity (Wildman–Crippen MR) is 100 cm³/mol. The summed E-state index contributed by atoms with van der Waals surface area (Å²) in [6.45, 7) is 2.24. The van der Waals surface area contributed by atoms with Gasteiger partial charge >= 0.3 is 0 Å². The maximum atomic E-state index is 9.24. The van der Waals surface area contributed by atoms with Crippen molar-refractivity contribution >= 4 is 11.4 Å². The Bertz CT molecular complexity index is 484. The molecule has 0 aliphatic rings. The highest BCUT2D eigenvalue weighted by atomic mass is 16.4. The fourth-order valence-electron chi connectivity index (χ4n) is 2.87. The van der Waals surface area contributed by atoms with E-state index < -0.39 is 0 Å². The molecule has 0 fully saturated rings. The summed E-state index contributed by atoms with van der Waals surface area (Å²) >= 11 is 0. The van der Waals surface area contributed by atoms with Crippen molar-refractivity contribution in [3.05, 3.63) is 35.9 Å². The van der Waals surface area contributed by atoms with Gasteiger partial charge in [-0.25, -0.2) is 0 Å². The molecule has 0 aliphatic heterocycles. The Morgan fingerprint density at radius 1 is 0.750 bits per heavy atom. The summed E-state index contributed by atoms with van der Waals surface area (Å²) in [7, 11) is 0. The van der Waals surface area contributed by atoms with Gasteiger partial charge in [-0.2, -0.15) is 0 Å². The van der Waals surface area contributed by atoms with Gasteiger partial charge in [0.1, 0.15) is 11.4 Å². The fourth-order valence-corrected chi connectivity index (χ4v) is 2.87. The van der Waals surface area contributed by atoms with Crippen molar-refractivity contribution in [3.63, 3.8) is 0 Å². The van der Waals surface area contributed by atoms with Crippen molar-refractivity contribution in [2.45, 2.75) is 77.6 Å². The third-order valence-corrected chi connectivity index (χ3v) is 4.31. The second-order valence-electron chi connectivity index (χ2n) is 6.29. The molecular weight excluding hydrogens is 300 g/mol. The molecule has 0 spiro atoms. The van der Waals surface area contributed by atoms with E-state index in [0.717, 1.165) is 18.4 Å². The summed E-state index contributed by atoms with van der Waals surface area (Å²) in [5.41, 5.74) is 1.57. The van der Waals surface area contributed by atoms with Gasteiger partial charge in [-0.15, -0.1) is 0 Å². The van der Waals surface area contributed by atoms with Gasteiger partial charge in [0.25, 0.3) is 0 Å². The second-order valence-corrected chi connectivity index (χ2v) is 6.29. The van der Waals surface area contributed by atoms with Crippen molar-refractivity contribution in [2.24, 2.45) is 10.3 Å². The first-order valence-corrected chi connectivity index (χ1v) is 9.32. The van der Waals surface area contributed by atoms with Crippen LogP contribution in [-0.2, 0) is 0 Å². The standard InChI is InChI=1S/C20H32N2O2/c1-2-3-4-5-6-7-8-9-10-14-17-19(21-23)20(22-24)18-15-12-11-13-16-18/h11-13,15-16,23-24H,2-10,14,17H2,1H3/b21-19+,22-20-. The van der Waals surface area contributed by atoms with E-state index in [4.69, 9.17) is 0 Å². The van der Waals surface area contributed by atoms with Crippen LogP contribution in [0.3, 0.4) is 0 Å². The Kier molecular flexibility index (Phi) is 11.4. The van der Waals surface area contributed by atoms with Gasteiger partial charge in [0.15, 0.2) is 0 Å². The minimum atomic E-state index is 0.356. The van der Waals surface area contributed by atoms with E-state index in [1.807, 2.05) is 30.3 Å². The maximum absolute atomic E-state index is 9.24. The average molecular weight is 332 g/mol. The minimum absolute atomic E-state index is 0.356. The van der Waals surface area contributed by atoms with Gasteiger partial charge in [0, 0.05) is 5.56 Å². The third-order valence-electron chi connectivity index (χ3n) is 4.31. The highest BCUT2D eigenvalue weighted by Gasteiger charge is 2.12. The molecule has 24 heavy (non-hydrogen) atoms. The molecule has 0 aliphatic carbocycles. The first-order valence-electron chi connectivity index (χ1n) is 9.32. The van der Waals surface area contributed by atoms with Gasteiger partial charge in [-0.3, -0.25) is 0 Å². The third kappa shape index (κ3) is 8.14. The van der Waals surface area contributed by atoms with Crippen LogP contribution in [0.25, 0.3) is 0 Å². The highest BCUT2D eigenvalue weighted by molar-refractivity contribution is 6.48. The molecule has 0 bridgehead atoms. The molecule has 0 amide bonds. The number of benzene rings is 1. The Morgan fingerprint density at radius 2 is 1.29 bits per heavy atom. The lowest BCUT2D eigenvalue weighted by molar-refractivity contribution is 0.313. The van der Waals surface area contributed by atoms with Crippen molar-refractivity contribution in [3.8, 4) is 0 Å². The van der Waals surface area contributed by atoms with Crippen LogP contribution in [0.5, 0.6) is 0 Å². The number of unbranched alkanes of at least 4 members (excludes halogenated alkanes) is 9. The molecule has 4 heteroatoms. The number of rotatable bonds is 13. The molecular formula is C20H32N2O2. The van der Waals surface area contributed by atoms with Crippen LogP contribution in [0.1, 0.15) is 83.1 Å². The van der Waals surface area contributed by atoms with E-state index in [-0.39, 0.29) is 0 Å². The predicted octanol–water partition coefficient (Wildman–Crippen LogP) is 6.01. The van der Waals surface area contributed by atoms with Crippen LogP contribution in [0.2, 0.25) is 0 Å². The van der Waals surface area contributed by atoms with Crippen molar-refractivity contribution in [1.82, 2.24) is 0 Å². The molecule has 0 unspecified atom stereocenters. The summed E-state index contributed by atoms with van der Waals surface area (Å²) in [6, 6.07) is 9.33. The van der Waals surface area contributed by atoms with Crippen LogP contribution >= 0.6 is 0 Å².